The third-order valence-corrected chi connectivity index (χ3v) is 6.98. The number of furan rings is 1. The highest BCUT2D eigenvalue weighted by molar-refractivity contribution is 6.36. The Morgan fingerprint density at radius 1 is 0.629 bits per heavy atom. The molecule has 5 rings (SSSR count). The van der Waals surface area contributed by atoms with Gasteiger partial charge in [0.25, 0.3) is 0 Å². The molecule has 0 spiro atoms. The van der Waals surface area contributed by atoms with Gasteiger partial charge in [-0.25, -0.2) is 0 Å². The fraction of sp³-hybridized carbons (Fsp3) is 0.250. The number of hydrogen-bond donors (Lipinski definition) is 0. The van der Waals surface area contributed by atoms with Crippen molar-refractivity contribution < 1.29 is 4.42 Å². The zero-order chi connectivity index (χ0) is 25.0. The van der Waals surface area contributed by atoms with Crippen LogP contribution in [0.15, 0.2) is 89.3 Å². The maximum atomic E-state index is 6.63. The summed E-state index contributed by atoms with van der Waals surface area (Å²) in [6.45, 7) is 13.4. The van der Waals surface area contributed by atoms with E-state index in [0.717, 1.165) is 33.4 Å². The lowest BCUT2D eigenvalue weighted by molar-refractivity contribution is 0.590. The summed E-state index contributed by atoms with van der Waals surface area (Å²) in [4.78, 5) is 2.31. The van der Waals surface area contributed by atoms with Gasteiger partial charge in [0.15, 0.2) is 5.58 Å². The Hall–Kier alpha value is -3.23. The predicted molar refractivity (Wildman–Crippen MR) is 151 cm³/mol. The Morgan fingerprint density at radius 2 is 1.14 bits per heavy atom. The summed E-state index contributed by atoms with van der Waals surface area (Å²) < 4.78 is 6.21. The van der Waals surface area contributed by atoms with E-state index in [4.69, 9.17) is 16.0 Å². The summed E-state index contributed by atoms with van der Waals surface area (Å²) in [5.74, 6) is 0. The highest BCUT2D eigenvalue weighted by Gasteiger charge is 2.22. The van der Waals surface area contributed by atoms with E-state index in [9.17, 15) is 0 Å². The van der Waals surface area contributed by atoms with E-state index >= 15 is 0 Å². The molecule has 1 heterocycles. The van der Waals surface area contributed by atoms with Crippen LogP contribution in [0.4, 0.5) is 17.1 Å². The van der Waals surface area contributed by atoms with Crippen molar-refractivity contribution in [3.63, 3.8) is 0 Å². The molecule has 3 heteroatoms. The number of benzene rings is 4. The van der Waals surface area contributed by atoms with E-state index < -0.39 is 0 Å². The van der Waals surface area contributed by atoms with Gasteiger partial charge in [-0.2, -0.15) is 0 Å². The molecule has 2 nitrogen and oxygen atoms in total. The molecule has 35 heavy (non-hydrogen) atoms. The van der Waals surface area contributed by atoms with Crippen molar-refractivity contribution in [2.45, 2.75) is 52.4 Å². The minimum Gasteiger partial charge on any atom is -0.454 e. The van der Waals surface area contributed by atoms with E-state index in [1.807, 2.05) is 24.3 Å². The second-order valence-electron chi connectivity index (χ2n) is 11.3. The van der Waals surface area contributed by atoms with Crippen molar-refractivity contribution in [2.24, 2.45) is 0 Å². The molecule has 0 saturated heterocycles. The molecule has 0 fully saturated rings. The Kier molecular flexibility index (Phi) is 5.68. The molecular formula is C32H32ClNO. The van der Waals surface area contributed by atoms with Crippen molar-refractivity contribution in [1.82, 2.24) is 0 Å². The average molecular weight is 482 g/mol. The number of hydrogen-bond acceptors (Lipinski definition) is 2. The summed E-state index contributed by atoms with van der Waals surface area (Å²) in [6, 6.07) is 29.9. The molecule has 0 unspecified atom stereocenters. The van der Waals surface area contributed by atoms with Gasteiger partial charge in [-0.3, -0.25) is 0 Å². The first-order valence-electron chi connectivity index (χ1n) is 12.1. The van der Waals surface area contributed by atoms with E-state index in [0.29, 0.717) is 10.6 Å². The molecule has 0 saturated carbocycles. The highest BCUT2D eigenvalue weighted by atomic mass is 35.5. The Morgan fingerprint density at radius 3 is 1.66 bits per heavy atom. The Balaban J connectivity index is 1.76. The van der Waals surface area contributed by atoms with Crippen LogP contribution < -0.4 is 4.90 Å². The second kappa shape index (κ2) is 8.46. The van der Waals surface area contributed by atoms with Crippen LogP contribution in [0.5, 0.6) is 0 Å². The second-order valence-corrected chi connectivity index (χ2v) is 11.7. The number of anilines is 3. The van der Waals surface area contributed by atoms with E-state index in [-0.39, 0.29) is 10.8 Å². The minimum absolute atomic E-state index is 0.0893. The van der Waals surface area contributed by atoms with Crippen LogP contribution in [0.3, 0.4) is 0 Å². The zero-order valence-electron chi connectivity index (χ0n) is 21.3. The highest BCUT2D eigenvalue weighted by Crippen LogP contribution is 2.45. The number of halogens is 1. The first-order chi connectivity index (χ1) is 16.5. The first kappa shape index (κ1) is 23.5. The van der Waals surface area contributed by atoms with Crippen LogP contribution in [0.1, 0.15) is 52.7 Å². The van der Waals surface area contributed by atoms with Gasteiger partial charge in [0.1, 0.15) is 5.58 Å². The molecule has 0 aliphatic rings. The molecular weight excluding hydrogens is 450 g/mol. The number of nitrogens with zero attached hydrogens (tertiary/aromatic N) is 1. The standard InChI is InChI=1S/C32H32ClNO/c1-31(2,3)21-11-15-23(16-12-21)34(24-17-13-22(14-18-24)32(4,5)6)27-20-19-26(33)30-29(27)25-9-7-8-10-28(25)35-30/h7-20H,1-6H3. The summed E-state index contributed by atoms with van der Waals surface area (Å²) in [7, 11) is 0. The van der Waals surface area contributed by atoms with Crippen LogP contribution in [0.25, 0.3) is 21.9 Å². The molecule has 0 aliphatic carbocycles. The molecule has 178 valence electrons. The first-order valence-corrected chi connectivity index (χ1v) is 12.5. The van der Waals surface area contributed by atoms with Crippen LogP contribution in [-0.2, 0) is 10.8 Å². The van der Waals surface area contributed by atoms with Crippen molar-refractivity contribution in [3.8, 4) is 0 Å². The largest absolute Gasteiger partial charge is 0.454 e. The number of rotatable bonds is 3. The van der Waals surface area contributed by atoms with E-state index in [1.54, 1.807) is 0 Å². The minimum atomic E-state index is 0.0893. The van der Waals surface area contributed by atoms with Crippen LogP contribution >= 0.6 is 11.6 Å². The van der Waals surface area contributed by atoms with Crippen LogP contribution in [0, 0.1) is 0 Å². The third-order valence-electron chi connectivity index (χ3n) is 6.68. The van der Waals surface area contributed by atoms with Gasteiger partial charge < -0.3 is 9.32 Å². The van der Waals surface area contributed by atoms with Gasteiger partial charge in [-0.05, 0) is 64.4 Å². The van der Waals surface area contributed by atoms with Crippen LogP contribution in [0.2, 0.25) is 5.02 Å². The maximum absolute atomic E-state index is 6.63. The Labute approximate surface area is 213 Å². The van der Waals surface area contributed by atoms with Gasteiger partial charge in [0.05, 0.1) is 16.1 Å². The lowest BCUT2D eigenvalue weighted by Gasteiger charge is -2.28. The normalized spacial score (nSPS) is 12.4. The summed E-state index contributed by atoms with van der Waals surface area (Å²) in [6.07, 6.45) is 0. The summed E-state index contributed by atoms with van der Waals surface area (Å²) in [5.41, 5.74) is 7.57. The van der Waals surface area contributed by atoms with Gasteiger partial charge in [-0.1, -0.05) is 95.6 Å². The molecule has 0 aliphatic heterocycles. The van der Waals surface area contributed by atoms with Crippen LogP contribution in [-0.4, -0.2) is 0 Å². The lowest BCUT2D eigenvalue weighted by atomic mass is 9.86. The van der Waals surface area contributed by atoms with Gasteiger partial charge in [-0.15, -0.1) is 0 Å². The third kappa shape index (κ3) is 4.32. The van der Waals surface area contributed by atoms with Crippen molar-refractivity contribution in [2.75, 3.05) is 4.90 Å². The summed E-state index contributed by atoms with van der Waals surface area (Å²) >= 11 is 6.63. The maximum Gasteiger partial charge on any atom is 0.156 e. The van der Waals surface area contributed by atoms with Crippen molar-refractivity contribution in [1.29, 1.82) is 0 Å². The fourth-order valence-corrected chi connectivity index (χ4v) is 4.81. The van der Waals surface area contributed by atoms with Gasteiger partial charge in [0.2, 0.25) is 0 Å². The number of para-hydroxylation sites is 1. The molecule has 0 radical (unpaired) electrons. The zero-order valence-corrected chi connectivity index (χ0v) is 22.1. The van der Waals surface area contributed by atoms with E-state index in [1.165, 1.54) is 11.1 Å². The fourth-order valence-electron chi connectivity index (χ4n) is 4.61. The van der Waals surface area contributed by atoms with Crippen molar-refractivity contribution >= 4 is 50.6 Å². The predicted octanol–water partition coefficient (Wildman–Crippen LogP) is 10.3. The van der Waals surface area contributed by atoms with E-state index in [2.05, 4.69) is 107 Å². The molecule has 0 atom stereocenters. The smallest absolute Gasteiger partial charge is 0.156 e. The molecule has 0 bridgehead atoms. The summed E-state index contributed by atoms with van der Waals surface area (Å²) in [5, 5.41) is 2.70. The molecule has 0 amide bonds. The molecule has 4 aromatic carbocycles. The SMILES string of the molecule is CC(C)(C)c1ccc(N(c2ccc(C(C)(C)C)cc2)c2ccc(Cl)c3oc4ccccc4c23)cc1. The average Bonchev–Trinajstić information content (AvgIpc) is 3.21. The topological polar surface area (TPSA) is 16.4 Å². The van der Waals surface area contributed by atoms with Gasteiger partial charge in [0, 0.05) is 16.8 Å². The monoisotopic (exact) mass is 481 g/mol. The quantitative estimate of drug-likeness (QED) is 0.255. The van der Waals surface area contributed by atoms with Crippen molar-refractivity contribution in [3.05, 3.63) is 101 Å². The molecule has 0 N–H and O–H groups in total. The lowest BCUT2D eigenvalue weighted by Crippen LogP contribution is -2.14. The van der Waals surface area contributed by atoms with Gasteiger partial charge >= 0.3 is 0 Å². The molecule has 1 aromatic heterocycles. The molecule has 5 aromatic rings. The number of fused-ring (bicyclic) bond motifs is 3. The Bertz CT molecular complexity index is 1440.